The molecule has 10 aromatic carbocycles. The Labute approximate surface area is 360 Å². The molecule has 0 fully saturated rings. The molecule has 0 bridgehead atoms. The van der Waals surface area contributed by atoms with Gasteiger partial charge in [0.05, 0.1) is 33.3 Å². The van der Waals surface area contributed by atoms with Crippen LogP contribution in [0.5, 0.6) is 0 Å². The van der Waals surface area contributed by atoms with Crippen molar-refractivity contribution in [1.82, 2.24) is 4.57 Å². The lowest BCUT2D eigenvalue weighted by atomic mass is 9.61. The van der Waals surface area contributed by atoms with Crippen molar-refractivity contribution in [1.29, 1.82) is 0 Å². The Kier molecular flexibility index (Phi) is 6.44. The number of aromatic nitrogens is 1. The lowest BCUT2D eigenvalue weighted by Crippen LogP contribution is -2.31. The van der Waals surface area contributed by atoms with Crippen molar-refractivity contribution < 1.29 is 5.48 Å². The van der Waals surface area contributed by atoms with Gasteiger partial charge in [0.15, 0.2) is 0 Å². The van der Waals surface area contributed by atoms with Crippen LogP contribution in [0.3, 0.4) is 0 Å². The number of hydrogen-bond donors (Lipinski definition) is 0. The van der Waals surface area contributed by atoms with Crippen LogP contribution in [-0.4, -0.2) is 4.57 Å². The Morgan fingerprint density at radius 1 is 0.426 bits per heavy atom. The molecule has 0 saturated heterocycles. The van der Waals surface area contributed by atoms with Crippen LogP contribution in [0.1, 0.15) is 27.7 Å². The van der Waals surface area contributed by atoms with Crippen molar-refractivity contribution >= 4 is 49.6 Å². The molecule has 61 heavy (non-hydrogen) atoms. The van der Waals surface area contributed by atoms with Gasteiger partial charge in [-0.2, -0.15) is 0 Å². The third-order valence-corrected chi connectivity index (χ3v) is 13.1. The summed E-state index contributed by atoms with van der Waals surface area (Å²) >= 11 is 0. The van der Waals surface area contributed by atoms with E-state index in [9.17, 15) is 5.48 Å². The molecule has 1 spiro atoms. The van der Waals surface area contributed by atoms with Crippen LogP contribution >= 0.6 is 0 Å². The van der Waals surface area contributed by atoms with Crippen LogP contribution in [0.2, 0.25) is 0 Å². The molecule has 0 N–H and O–H groups in total. The fourth-order valence-corrected chi connectivity index (χ4v) is 10.7. The van der Waals surface area contributed by atoms with E-state index < -0.39 is 5.41 Å². The summed E-state index contributed by atoms with van der Waals surface area (Å²) in [5.41, 5.74) is 13.9. The van der Waals surface area contributed by atoms with Crippen LogP contribution in [-0.2, 0) is 5.41 Å². The highest BCUT2D eigenvalue weighted by Gasteiger charge is 2.51. The van der Waals surface area contributed by atoms with Gasteiger partial charge in [0.25, 0.3) is 0 Å². The van der Waals surface area contributed by atoms with Crippen LogP contribution in [0, 0.1) is 0 Å². The second-order valence-electron chi connectivity index (χ2n) is 16.1. The molecule has 1 unspecified atom stereocenters. The normalized spacial score (nSPS) is 15.5. The number of para-hydroxylation sites is 3. The van der Waals surface area contributed by atoms with Gasteiger partial charge in [-0.15, -0.1) is 0 Å². The van der Waals surface area contributed by atoms with Crippen molar-refractivity contribution in [2.75, 3.05) is 4.90 Å². The minimum absolute atomic E-state index is 0.0284. The molecule has 1 aromatic heterocycles. The number of nitrogens with zero attached hydrogens (tertiary/aromatic N) is 2. The molecule has 0 radical (unpaired) electrons. The van der Waals surface area contributed by atoms with Gasteiger partial charge in [-0.05, 0) is 97.7 Å². The van der Waals surface area contributed by atoms with Gasteiger partial charge >= 0.3 is 0 Å². The van der Waals surface area contributed by atoms with E-state index in [0.717, 1.165) is 99.8 Å². The van der Waals surface area contributed by atoms with Crippen molar-refractivity contribution in [2.24, 2.45) is 0 Å². The van der Waals surface area contributed by atoms with Gasteiger partial charge < -0.3 is 9.47 Å². The number of fused-ring (bicyclic) bond motifs is 12. The zero-order chi connectivity index (χ0) is 43.6. The molecule has 2 aliphatic rings. The summed E-state index contributed by atoms with van der Waals surface area (Å²) in [5.74, 6) is 0. The molecule has 2 aliphatic carbocycles. The first-order valence-corrected chi connectivity index (χ1v) is 20.9. The lowest BCUT2D eigenvalue weighted by molar-refractivity contribution is 0.773. The average Bonchev–Trinajstić information content (AvgIpc) is 3.86. The molecule has 284 valence electrons. The number of anilines is 3. The van der Waals surface area contributed by atoms with Gasteiger partial charge in [0.1, 0.15) is 0 Å². The van der Waals surface area contributed by atoms with E-state index in [1.807, 2.05) is 12.1 Å². The third kappa shape index (κ3) is 4.67. The molecule has 2 nitrogen and oxygen atoms in total. The van der Waals surface area contributed by atoms with Crippen LogP contribution < -0.4 is 4.90 Å². The monoisotopic (exact) mass is 778 g/mol. The first-order chi connectivity index (χ1) is 32.0. The highest BCUT2D eigenvalue weighted by Crippen LogP contribution is 2.64. The minimum Gasteiger partial charge on any atom is -0.309 e. The quantitative estimate of drug-likeness (QED) is 0.169. The molecule has 0 amide bonds. The maximum absolute atomic E-state index is 9.96. The van der Waals surface area contributed by atoms with Gasteiger partial charge in [-0.3, -0.25) is 0 Å². The molecule has 13 rings (SSSR count). The number of benzene rings is 10. The van der Waals surface area contributed by atoms with Crippen LogP contribution in [0.4, 0.5) is 17.1 Å². The fourth-order valence-electron chi connectivity index (χ4n) is 10.7. The second-order valence-corrected chi connectivity index (χ2v) is 16.1. The Hall–Kier alpha value is -7.94. The molecular weight excluding hydrogens is 737 g/mol. The molecule has 0 saturated carbocycles. The summed E-state index contributed by atoms with van der Waals surface area (Å²) in [4.78, 5) is 2.32. The molecule has 1 heterocycles. The Morgan fingerprint density at radius 3 is 1.95 bits per heavy atom. The highest BCUT2D eigenvalue weighted by molar-refractivity contribution is 6.12. The van der Waals surface area contributed by atoms with Gasteiger partial charge in [-0.25, -0.2) is 0 Å². The van der Waals surface area contributed by atoms with Crippen molar-refractivity contribution in [3.63, 3.8) is 0 Å². The number of rotatable bonds is 5. The maximum Gasteiger partial charge on any atom is 0.0726 e. The van der Waals surface area contributed by atoms with E-state index >= 15 is 0 Å². The zero-order valence-corrected chi connectivity index (χ0v) is 33.0. The highest BCUT2D eigenvalue weighted by atomic mass is 15.2. The van der Waals surface area contributed by atoms with E-state index in [4.69, 9.17) is 0 Å². The molecule has 2 heteroatoms. The van der Waals surface area contributed by atoms with Gasteiger partial charge in [0.2, 0.25) is 0 Å². The summed E-state index contributed by atoms with van der Waals surface area (Å²) in [6.07, 6.45) is 0. The van der Waals surface area contributed by atoms with Crippen molar-refractivity contribution in [3.8, 4) is 39.1 Å². The van der Waals surface area contributed by atoms with E-state index in [1.54, 1.807) is 0 Å². The molecular formula is C59H38N2. The Balaban J connectivity index is 1.20. The zero-order valence-electron chi connectivity index (χ0n) is 37.0. The van der Waals surface area contributed by atoms with E-state index in [0.29, 0.717) is 11.1 Å². The third-order valence-electron chi connectivity index (χ3n) is 13.1. The molecule has 11 aromatic rings. The lowest BCUT2D eigenvalue weighted by Gasteiger charge is -2.40. The summed E-state index contributed by atoms with van der Waals surface area (Å²) in [7, 11) is 0. The SMILES string of the molecule is [2H]c1c([2H])c([2H])c2c(c1[2H])-c1c(N(c3ccc4c5ccccc5n(-c5ccccc5)c4c3)c3ccccc3-c3ccccc3)cccc1C21c2ccccc2-c2cccc3cccc1c23. The van der Waals surface area contributed by atoms with E-state index in [-0.39, 0.29) is 24.2 Å². The van der Waals surface area contributed by atoms with Gasteiger partial charge in [0, 0.05) is 33.3 Å². The maximum atomic E-state index is 9.96. The summed E-state index contributed by atoms with van der Waals surface area (Å²) in [6.45, 7) is 0. The number of hydrogen-bond acceptors (Lipinski definition) is 1. The Morgan fingerprint density at radius 2 is 1.07 bits per heavy atom. The molecule has 1 atom stereocenters. The van der Waals surface area contributed by atoms with Crippen molar-refractivity contribution in [2.45, 2.75) is 5.41 Å². The fraction of sp³-hybridized carbons (Fsp3) is 0.0169. The van der Waals surface area contributed by atoms with E-state index in [1.165, 1.54) is 0 Å². The van der Waals surface area contributed by atoms with Gasteiger partial charge in [-0.1, -0.05) is 188 Å². The minimum atomic E-state index is -1.07. The van der Waals surface area contributed by atoms with Crippen LogP contribution in [0.25, 0.3) is 71.6 Å². The average molecular weight is 779 g/mol. The van der Waals surface area contributed by atoms with Crippen LogP contribution in [0.15, 0.2) is 230 Å². The van der Waals surface area contributed by atoms with Crippen molar-refractivity contribution in [3.05, 3.63) is 253 Å². The molecule has 0 aliphatic heterocycles. The first kappa shape index (κ1) is 30.2. The second kappa shape index (κ2) is 13.0. The summed E-state index contributed by atoms with van der Waals surface area (Å²) in [5, 5.41) is 4.47. The topological polar surface area (TPSA) is 8.17 Å². The first-order valence-electron chi connectivity index (χ1n) is 22.9. The predicted molar refractivity (Wildman–Crippen MR) is 255 cm³/mol. The predicted octanol–water partition coefficient (Wildman–Crippen LogP) is 15.4. The smallest absolute Gasteiger partial charge is 0.0726 e. The summed E-state index contributed by atoms with van der Waals surface area (Å²) in [6, 6.07) is 71.8. The Bertz CT molecular complexity index is 3780. The summed E-state index contributed by atoms with van der Waals surface area (Å²) < 4.78 is 40.8. The van der Waals surface area contributed by atoms with E-state index in [2.05, 4.69) is 204 Å². The largest absolute Gasteiger partial charge is 0.309 e. The standard InChI is InChI=1S/C59H38N2/c1-3-18-39(19-4-1)43-24-9-13-33-53(43)61(42-36-37-46-45-26-10-14-34-54(45)60(56(46)38-42)41-22-5-2-6-23-41)55-35-17-32-52-58(55)48-27-8-12-30-50(48)59(52)49-29-11-7-25-44(49)47-28-15-20-40-21-16-31-51(59)57(40)47/h1-38H/i8D,12D,27D,30D.